The van der Waals surface area contributed by atoms with E-state index in [0.29, 0.717) is 23.8 Å². The molecule has 0 saturated carbocycles. The lowest BCUT2D eigenvalue weighted by Gasteiger charge is -2.35. The van der Waals surface area contributed by atoms with Gasteiger partial charge < -0.3 is 4.74 Å². The molecule has 0 aromatic heterocycles. The Morgan fingerprint density at radius 1 is 1.38 bits per heavy atom. The summed E-state index contributed by atoms with van der Waals surface area (Å²) >= 11 is 7.75. The Morgan fingerprint density at radius 3 is 2.42 bits per heavy atom. The Labute approximate surface area is 159 Å². The fourth-order valence-corrected chi connectivity index (χ4v) is 4.25. The van der Waals surface area contributed by atoms with Gasteiger partial charge in [-0.25, -0.2) is 9.18 Å². The van der Waals surface area contributed by atoms with E-state index in [4.69, 9.17) is 16.3 Å². The molecule has 0 unspecified atom stereocenters. The van der Waals surface area contributed by atoms with Gasteiger partial charge in [0.05, 0.1) is 14.3 Å². The topological polar surface area (TPSA) is 66.9 Å². The normalized spacial score (nSPS) is 15.8. The number of rotatable bonds is 3. The van der Waals surface area contributed by atoms with Gasteiger partial charge in [-0.2, -0.15) is 17.0 Å². The molecular formula is C14H17ClFIN2O4S. The van der Waals surface area contributed by atoms with E-state index in [1.165, 1.54) is 0 Å². The molecule has 1 fully saturated rings. The Bertz CT molecular complexity index is 763. The van der Waals surface area contributed by atoms with E-state index < -0.39 is 27.7 Å². The summed E-state index contributed by atoms with van der Waals surface area (Å²) in [7, 11) is -4.16. The van der Waals surface area contributed by atoms with Crippen LogP contribution in [0.1, 0.15) is 27.2 Å². The van der Waals surface area contributed by atoms with Crippen molar-refractivity contribution in [3.05, 3.63) is 26.5 Å². The van der Waals surface area contributed by atoms with Crippen LogP contribution in [-0.2, 0) is 14.9 Å². The van der Waals surface area contributed by atoms with Crippen LogP contribution < -0.4 is 4.31 Å². The molecule has 1 saturated heterocycles. The molecule has 1 aliphatic rings. The highest BCUT2D eigenvalue weighted by molar-refractivity contribution is 14.1. The Hall–Kier alpha value is -0.650. The molecule has 2 rings (SSSR count). The van der Waals surface area contributed by atoms with E-state index in [-0.39, 0.29) is 14.3 Å². The van der Waals surface area contributed by atoms with Crippen molar-refractivity contribution < 1.29 is 22.3 Å². The lowest BCUT2D eigenvalue weighted by molar-refractivity contribution is 0.0605. The predicted molar refractivity (Wildman–Crippen MR) is 97.9 cm³/mol. The summed E-state index contributed by atoms with van der Waals surface area (Å²) in [5.74, 6) is -0.602. The molecule has 1 aromatic carbocycles. The van der Waals surface area contributed by atoms with Gasteiger partial charge in [0.2, 0.25) is 0 Å². The number of hydrogen-bond donors (Lipinski definition) is 0. The number of hydrogen-bond acceptors (Lipinski definition) is 4. The summed E-state index contributed by atoms with van der Waals surface area (Å²) in [5.41, 5.74) is -1.04. The molecule has 24 heavy (non-hydrogen) atoms. The van der Waals surface area contributed by atoms with Crippen LogP contribution in [0.25, 0.3) is 0 Å². The van der Waals surface area contributed by atoms with Crippen LogP contribution in [0.4, 0.5) is 14.9 Å². The summed E-state index contributed by atoms with van der Waals surface area (Å²) in [6, 6.07) is 2.22. The van der Waals surface area contributed by atoms with Crippen LogP contribution in [0.3, 0.4) is 0 Å². The molecule has 0 N–H and O–H groups in total. The standard InChI is InChI=1S/C14H17ClFIN2O4S/c1-14(2,3)23-13(20)19(24(21,22)18-7-4-8-18)10-6-5-9(16)12(17)11(10)15/h5-6H,4,7-8H2,1-3H3. The van der Waals surface area contributed by atoms with Crippen molar-refractivity contribution in [2.45, 2.75) is 32.8 Å². The lowest BCUT2D eigenvalue weighted by atomic mass is 10.2. The van der Waals surface area contributed by atoms with Gasteiger partial charge in [0.15, 0.2) is 0 Å². The SMILES string of the molecule is CC(C)(C)OC(=O)N(c1ccc(F)c(I)c1Cl)S(=O)(=O)N1CCC1. The maximum Gasteiger partial charge on any atom is 0.429 e. The molecule has 0 aliphatic carbocycles. The minimum Gasteiger partial charge on any atom is -0.443 e. The summed E-state index contributed by atoms with van der Waals surface area (Å²) in [6.45, 7) is 5.47. The summed E-state index contributed by atoms with van der Waals surface area (Å²) in [5, 5.41) is -0.162. The van der Waals surface area contributed by atoms with Crippen LogP contribution in [0, 0.1) is 9.39 Å². The molecule has 6 nitrogen and oxygen atoms in total. The van der Waals surface area contributed by atoms with Crippen LogP contribution in [-0.4, -0.2) is 37.5 Å². The molecular weight excluding hydrogens is 474 g/mol. The van der Waals surface area contributed by atoms with E-state index >= 15 is 0 Å². The van der Waals surface area contributed by atoms with Crippen LogP contribution in [0.2, 0.25) is 5.02 Å². The number of carbonyl (C=O) groups excluding carboxylic acids is 1. The van der Waals surface area contributed by atoms with Gasteiger partial charge in [0, 0.05) is 13.1 Å². The van der Waals surface area contributed by atoms with E-state index in [9.17, 15) is 17.6 Å². The monoisotopic (exact) mass is 490 g/mol. The molecule has 0 atom stereocenters. The first kappa shape index (κ1) is 19.7. The fraction of sp³-hybridized carbons (Fsp3) is 0.500. The zero-order valence-corrected chi connectivity index (χ0v) is 17.1. The average Bonchev–Trinajstić information content (AvgIpc) is 2.34. The molecule has 134 valence electrons. The number of anilines is 1. The largest absolute Gasteiger partial charge is 0.443 e. The Balaban J connectivity index is 2.55. The summed E-state index contributed by atoms with van der Waals surface area (Å²) < 4.78 is 46.1. The van der Waals surface area contributed by atoms with E-state index in [2.05, 4.69) is 0 Å². The fourth-order valence-electron chi connectivity index (χ4n) is 1.93. The van der Waals surface area contributed by atoms with Crippen molar-refractivity contribution in [2.24, 2.45) is 0 Å². The number of nitrogens with zero attached hydrogens (tertiary/aromatic N) is 2. The first-order valence-electron chi connectivity index (χ1n) is 7.12. The third-order valence-electron chi connectivity index (χ3n) is 3.16. The van der Waals surface area contributed by atoms with Crippen molar-refractivity contribution in [2.75, 3.05) is 17.4 Å². The van der Waals surface area contributed by atoms with E-state index in [1.54, 1.807) is 43.4 Å². The molecule has 1 aliphatic heterocycles. The van der Waals surface area contributed by atoms with Crippen LogP contribution >= 0.6 is 34.2 Å². The van der Waals surface area contributed by atoms with Gasteiger partial charge in [-0.1, -0.05) is 11.6 Å². The smallest absolute Gasteiger partial charge is 0.429 e. The summed E-state index contributed by atoms with van der Waals surface area (Å²) in [4.78, 5) is 12.5. The lowest BCUT2D eigenvalue weighted by Crippen LogP contribution is -2.53. The Kier molecular flexibility index (Phi) is 5.68. The summed E-state index contributed by atoms with van der Waals surface area (Å²) in [6.07, 6.45) is -0.380. The number of ether oxygens (including phenoxy) is 1. The highest BCUT2D eigenvalue weighted by atomic mass is 127. The Morgan fingerprint density at radius 2 is 1.96 bits per heavy atom. The second-order valence-electron chi connectivity index (χ2n) is 6.20. The number of halogens is 3. The molecule has 0 bridgehead atoms. The van der Waals surface area contributed by atoms with Crippen LogP contribution in [0.5, 0.6) is 0 Å². The van der Waals surface area contributed by atoms with E-state index in [0.717, 1.165) is 16.4 Å². The molecule has 0 radical (unpaired) electrons. The molecule has 1 amide bonds. The molecule has 1 heterocycles. The van der Waals surface area contributed by atoms with Crippen molar-refractivity contribution in [3.8, 4) is 0 Å². The highest BCUT2D eigenvalue weighted by Crippen LogP contribution is 2.36. The van der Waals surface area contributed by atoms with E-state index in [1.807, 2.05) is 0 Å². The molecule has 10 heteroatoms. The second kappa shape index (κ2) is 6.93. The molecule has 1 aromatic rings. The zero-order chi connectivity index (χ0) is 18.3. The van der Waals surface area contributed by atoms with Crippen molar-refractivity contribution in [3.63, 3.8) is 0 Å². The predicted octanol–water partition coefficient (Wildman–Crippen LogP) is 3.78. The maximum absolute atomic E-state index is 13.6. The van der Waals surface area contributed by atoms with Gasteiger partial charge in [0.25, 0.3) is 0 Å². The second-order valence-corrected chi connectivity index (χ2v) is 9.43. The zero-order valence-electron chi connectivity index (χ0n) is 13.3. The van der Waals surface area contributed by atoms with Crippen molar-refractivity contribution >= 4 is 56.2 Å². The van der Waals surface area contributed by atoms with Gasteiger partial charge in [-0.05, 0) is 61.9 Å². The van der Waals surface area contributed by atoms with Gasteiger partial charge >= 0.3 is 16.3 Å². The number of benzene rings is 1. The number of amides is 1. The van der Waals surface area contributed by atoms with Crippen molar-refractivity contribution in [1.29, 1.82) is 0 Å². The third-order valence-corrected chi connectivity index (χ3v) is 6.75. The first-order valence-corrected chi connectivity index (χ1v) is 9.97. The quantitative estimate of drug-likeness (QED) is 0.478. The van der Waals surface area contributed by atoms with Gasteiger partial charge in [0.1, 0.15) is 11.4 Å². The third kappa shape index (κ3) is 3.94. The molecule has 0 spiro atoms. The van der Waals surface area contributed by atoms with Crippen LogP contribution in [0.15, 0.2) is 12.1 Å². The maximum atomic E-state index is 13.6. The average molecular weight is 491 g/mol. The first-order chi connectivity index (χ1) is 10.9. The van der Waals surface area contributed by atoms with Crippen molar-refractivity contribution in [1.82, 2.24) is 4.31 Å². The van der Waals surface area contributed by atoms with Gasteiger partial charge in [-0.15, -0.1) is 0 Å². The highest BCUT2D eigenvalue weighted by Gasteiger charge is 2.41. The minimum atomic E-state index is -4.16. The van der Waals surface area contributed by atoms with Gasteiger partial charge in [-0.3, -0.25) is 0 Å². The number of carbonyl (C=O) groups is 1. The minimum absolute atomic E-state index is 0.0270.